The van der Waals surface area contributed by atoms with Crippen LogP contribution in [0.15, 0.2) is 11.6 Å². The molecule has 4 aliphatic rings. The molecule has 350 valence electrons. The van der Waals surface area contributed by atoms with Crippen molar-refractivity contribution in [3.63, 3.8) is 0 Å². The fourth-order valence-corrected chi connectivity index (χ4v) is 13.5. The number of allylic oxidation sites excluding steroid dienone is 1. The highest BCUT2D eigenvalue weighted by Gasteiger charge is 2.59. The summed E-state index contributed by atoms with van der Waals surface area (Å²) in [5, 5.41) is 22.1. The maximum Gasteiger partial charge on any atom is 0.306 e. The predicted octanol–water partition coefficient (Wildman–Crippen LogP) is 14.8. The Morgan fingerprint density at radius 1 is 0.700 bits per heavy atom. The van der Waals surface area contributed by atoms with Gasteiger partial charge in [-0.2, -0.15) is 0 Å². The van der Waals surface area contributed by atoms with Crippen molar-refractivity contribution in [2.24, 2.45) is 46.3 Å². The van der Waals surface area contributed by atoms with Crippen LogP contribution < -0.4 is 0 Å². The van der Waals surface area contributed by atoms with Crippen LogP contribution in [0.25, 0.3) is 0 Å². The second kappa shape index (κ2) is 27.4. The van der Waals surface area contributed by atoms with Gasteiger partial charge in [0.25, 0.3) is 0 Å². The van der Waals surface area contributed by atoms with Gasteiger partial charge >= 0.3 is 5.97 Å². The Hall–Kier alpha value is -0.910. The van der Waals surface area contributed by atoms with Crippen LogP contribution in [0.4, 0.5) is 0 Å². The first-order valence-electron chi connectivity index (χ1n) is 26.9. The smallest absolute Gasteiger partial charge is 0.306 e. The van der Waals surface area contributed by atoms with Gasteiger partial charge in [0.15, 0.2) is 0 Å². The van der Waals surface area contributed by atoms with Crippen molar-refractivity contribution in [3.8, 4) is 0 Å². The van der Waals surface area contributed by atoms with E-state index in [0.717, 1.165) is 80.5 Å². The molecule has 0 aromatic rings. The predicted molar refractivity (Wildman–Crippen MR) is 255 cm³/mol. The van der Waals surface area contributed by atoms with Crippen molar-refractivity contribution in [2.75, 3.05) is 19.6 Å². The second-order valence-electron chi connectivity index (χ2n) is 22.3. The average molecular weight is 840 g/mol. The molecule has 0 heterocycles. The number of unbranched alkanes of at least 4 members (excludes halogenated alkanes) is 14. The van der Waals surface area contributed by atoms with Crippen LogP contribution >= 0.6 is 0 Å². The molecule has 10 atom stereocenters. The van der Waals surface area contributed by atoms with E-state index in [2.05, 4.69) is 59.4 Å². The van der Waals surface area contributed by atoms with Crippen LogP contribution in [-0.2, 0) is 9.53 Å². The normalized spacial score (nSPS) is 29.2. The molecule has 0 radical (unpaired) electrons. The third kappa shape index (κ3) is 16.3. The highest BCUT2D eigenvalue weighted by atomic mass is 16.5. The monoisotopic (exact) mass is 840 g/mol. The van der Waals surface area contributed by atoms with E-state index in [0.29, 0.717) is 37.9 Å². The first-order valence-corrected chi connectivity index (χ1v) is 26.9. The summed E-state index contributed by atoms with van der Waals surface area (Å²) < 4.78 is 6.25. The highest BCUT2D eigenvalue weighted by molar-refractivity contribution is 5.69. The molecule has 3 fully saturated rings. The summed E-state index contributed by atoms with van der Waals surface area (Å²) in [6, 6.07) is 0. The lowest BCUT2D eigenvalue weighted by Gasteiger charge is -2.58. The van der Waals surface area contributed by atoms with E-state index in [1.165, 1.54) is 141 Å². The number of ether oxygens (including phenoxy) is 1. The molecule has 2 N–H and O–H groups in total. The molecule has 0 bridgehead atoms. The van der Waals surface area contributed by atoms with Crippen LogP contribution in [0.1, 0.15) is 248 Å². The fraction of sp³-hybridized carbons (Fsp3) is 0.945. The van der Waals surface area contributed by atoms with E-state index in [1.807, 2.05) is 0 Å². The van der Waals surface area contributed by atoms with Gasteiger partial charge in [-0.05, 0) is 117 Å². The second-order valence-corrected chi connectivity index (χ2v) is 22.3. The van der Waals surface area contributed by atoms with Crippen molar-refractivity contribution >= 4 is 5.97 Å². The zero-order chi connectivity index (χ0) is 43.4. The largest absolute Gasteiger partial charge is 0.462 e. The van der Waals surface area contributed by atoms with Gasteiger partial charge in [0.1, 0.15) is 6.10 Å². The van der Waals surface area contributed by atoms with E-state index in [9.17, 15) is 15.0 Å². The van der Waals surface area contributed by atoms with Crippen LogP contribution in [-0.4, -0.2) is 59.0 Å². The van der Waals surface area contributed by atoms with Crippen LogP contribution in [0.2, 0.25) is 0 Å². The van der Waals surface area contributed by atoms with Crippen molar-refractivity contribution in [1.29, 1.82) is 0 Å². The van der Waals surface area contributed by atoms with Gasteiger partial charge in [0.2, 0.25) is 0 Å². The third-order valence-electron chi connectivity index (χ3n) is 17.1. The summed E-state index contributed by atoms with van der Waals surface area (Å²) in [5.74, 6) is 4.97. The molecular formula is C55H101NO4. The van der Waals surface area contributed by atoms with Gasteiger partial charge in [-0.25, -0.2) is 0 Å². The molecule has 0 aromatic heterocycles. The van der Waals surface area contributed by atoms with Crippen molar-refractivity contribution in [1.82, 2.24) is 4.90 Å². The molecule has 0 spiro atoms. The van der Waals surface area contributed by atoms with Crippen LogP contribution in [0.5, 0.6) is 0 Å². The standard InChI is InChI=1S/C55H101NO4/c1-8-10-12-14-16-18-20-22-28-46(57)41-56(42-47(58)29-23-21-19-17-15-13-11-9-2)39-25-30-53(59)60-48-35-37-54(6)45(40-48)31-32-49-51-34-33-50(44(5)27-24-26-43(3)4)55(51,7)38-36-52(49)54/h31,43-44,46-52,57-58H,8-30,32-42H2,1-7H3/t44?,46-,47-,48?,49?,50?,51?,52?,54?,55?/m0/s1. The van der Waals surface area contributed by atoms with Crippen molar-refractivity contribution in [3.05, 3.63) is 11.6 Å². The molecule has 5 nitrogen and oxygen atoms in total. The molecule has 4 aliphatic carbocycles. The summed E-state index contributed by atoms with van der Waals surface area (Å²) in [6.07, 6.45) is 39.0. The summed E-state index contributed by atoms with van der Waals surface area (Å²) in [5.41, 5.74) is 2.37. The number of hydrogen-bond acceptors (Lipinski definition) is 5. The van der Waals surface area contributed by atoms with Crippen molar-refractivity contribution in [2.45, 2.75) is 266 Å². The number of carbonyl (C=O) groups excluding carboxylic acids is 1. The minimum Gasteiger partial charge on any atom is -0.462 e. The van der Waals surface area contributed by atoms with Gasteiger partial charge < -0.3 is 14.9 Å². The van der Waals surface area contributed by atoms with Gasteiger partial charge in [-0.15, -0.1) is 0 Å². The number of hydrogen-bond donors (Lipinski definition) is 2. The number of esters is 1. The van der Waals surface area contributed by atoms with E-state index in [1.54, 1.807) is 5.57 Å². The van der Waals surface area contributed by atoms with Crippen molar-refractivity contribution < 1.29 is 19.7 Å². The summed E-state index contributed by atoms with van der Waals surface area (Å²) in [7, 11) is 0. The number of nitrogens with zero attached hydrogens (tertiary/aromatic N) is 1. The molecule has 0 amide bonds. The molecule has 0 aromatic carbocycles. The number of aliphatic hydroxyl groups is 2. The van der Waals surface area contributed by atoms with Gasteiger partial charge in [0, 0.05) is 25.9 Å². The summed E-state index contributed by atoms with van der Waals surface area (Å²) in [4.78, 5) is 15.6. The van der Waals surface area contributed by atoms with E-state index in [4.69, 9.17) is 4.74 Å². The highest BCUT2D eigenvalue weighted by Crippen LogP contribution is 2.67. The number of carbonyl (C=O) groups is 1. The molecule has 3 saturated carbocycles. The zero-order valence-corrected chi connectivity index (χ0v) is 41.0. The fourth-order valence-electron chi connectivity index (χ4n) is 13.5. The van der Waals surface area contributed by atoms with Gasteiger partial charge in [0.05, 0.1) is 12.2 Å². The molecular weight excluding hydrogens is 739 g/mol. The lowest BCUT2D eigenvalue weighted by Crippen LogP contribution is -2.51. The summed E-state index contributed by atoms with van der Waals surface area (Å²) >= 11 is 0. The molecule has 0 aliphatic heterocycles. The Morgan fingerprint density at radius 2 is 1.28 bits per heavy atom. The Labute approximate surface area is 372 Å². The minimum atomic E-state index is -0.386. The lowest BCUT2D eigenvalue weighted by molar-refractivity contribution is -0.151. The SMILES string of the molecule is CCCCCCCCCC[C@H](O)CN(CCCC(=O)OC1CCC2(C)C(=CCC3C2CCC2(C)C(C(C)CCCC(C)C)CCC32)C1)C[C@@H](O)CCCCCCCCCC. The molecule has 5 heteroatoms. The van der Waals surface area contributed by atoms with E-state index >= 15 is 0 Å². The topological polar surface area (TPSA) is 70.0 Å². The first kappa shape index (κ1) is 51.7. The number of fused-ring (bicyclic) bond motifs is 5. The Balaban J connectivity index is 1.22. The Bertz CT molecular complexity index is 1170. The summed E-state index contributed by atoms with van der Waals surface area (Å²) in [6.45, 7) is 19.0. The molecule has 60 heavy (non-hydrogen) atoms. The van der Waals surface area contributed by atoms with Gasteiger partial charge in [-0.1, -0.05) is 182 Å². The zero-order valence-electron chi connectivity index (χ0n) is 41.0. The lowest BCUT2D eigenvalue weighted by atomic mass is 9.47. The van der Waals surface area contributed by atoms with E-state index in [-0.39, 0.29) is 29.7 Å². The van der Waals surface area contributed by atoms with Gasteiger partial charge in [-0.3, -0.25) is 9.69 Å². The molecule has 8 unspecified atom stereocenters. The third-order valence-corrected chi connectivity index (χ3v) is 17.1. The first-order chi connectivity index (χ1) is 28.9. The number of aliphatic hydroxyl groups excluding tert-OH is 2. The average Bonchev–Trinajstić information content (AvgIpc) is 3.57. The quantitative estimate of drug-likeness (QED) is 0.0401. The van der Waals surface area contributed by atoms with Crippen LogP contribution in [0.3, 0.4) is 0 Å². The maximum absolute atomic E-state index is 13.4. The van der Waals surface area contributed by atoms with Crippen LogP contribution in [0, 0.1) is 46.3 Å². The Kier molecular flexibility index (Phi) is 23.6. The Morgan fingerprint density at radius 3 is 1.87 bits per heavy atom. The minimum absolute atomic E-state index is 0.00261. The maximum atomic E-state index is 13.4. The van der Waals surface area contributed by atoms with E-state index < -0.39 is 0 Å². The number of rotatable bonds is 32. The molecule has 4 rings (SSSR count). The molecule has 0 saturated heterocycles.